The normalized spacial score (nSPS) is 23.2. The molecule has 3 rings (SSSR count). The lowest BCUT2D eigenvalue weighted by molar-refractivity contribution is -0.132. The highest BCUT2D eigenvalue weighted by Gasteiger charge is 2.29. The number of pyridine rings is 1. The number of piperidine rings is 1. The number of rotatable bonds is 2. The van der Waals surface area contributed by atoms with Crippen LogP contribution >= 0.6 is 0 Å². The van der Waals surface area contributed by atoms with Crippen molar-refractivity contribution in [2.45, 2.75) is 32.2 Å². The van der Waals surface area contributed by atoms with E-state index < -0.39 is 0 Å². The van der Waals surface area contributed by atoms with Gasteiger partial charge in [0.05, 0.1) is 19.3 Å². The highest BCUT2D eigenvalue weighted by atomic mass is 16.5. The third-order valence-corrected chi connectivity index (χ3v) is 4.39. The van der Waals surface area contributed by atoms with Crippen molar-refractivity contribution in [3.63, 3.8) is 0 Å². The molecule has 114 valence electrons. The van der Waals surface area contributed by atoms with E-state index in [0.29, 0.717) is 0 Å². The van der Waals surface area contributed by atoms with Gasteiger partial charge in [-0.3, -0.25) is 4.79 Å². The van der Waals surface area contributed by atoms with Crippen LogP contribution in [0.25, 0.3) is 0 Å². The number of hydrogen-bond donors (Lipinski definition) is 0. The van der Waals surface area contributed by atoms with Crippen molar-refractivity contribution in [1.82, 2.24) is 9.88 Å². The fourth-order valence-electron chi connectivity index (χ4n) is 3.34. The Kier molecular flexibility index (Phi) is 4.39. The Morgan fingerprint density at radius 3 is 2.86 bits per heavy atom. The van der Waals surface area contributed by atoms with Gasteiger partial charge in [-0.1, -0.05) is 6.07 Å². The summed E-state index contributed by atoms with van der Waals surface area (Å²) in [6.45, 7) is 5.77. The molecule has 2 fully saturated rings. The average Bonchev–Trinajstić information content (AvgIpc) is 2.55. The minimum Gasteiger partial charge on any atom is -0.378 e. The molecule has 5 heteroatoms. The molecule has 0 aromatic carbocycles. The summed E-state index contributed by atoms with van der Waals surface area (Å²) < 4.78 is 5.43. The van der Waals surface area contributed by atoms with Crippen LogP contribution in [0.15, 0.2) is 18.3 Å². The van der Waals surface area contributed by atoms with Gasteiger partial charge in [0.1, 0.15) is 5.82 Å². The molecule has 2 saturated heterocycles. The molecule has 1 unspecified atom stereocenters. The van der Waals surface area contributed by atoms with Gasteiger partial charge in [-0.2, -0.15) is 0 Å². The van der Waals surface area contributed by atoms with E-state index in [0.717, 1.165) is 51.5 Å². The molecular weight excluding hydrogens is 266 g/mol. The molecule has 21 heavy (non-hydrogen) atoms. The first-order chi connectivity index (χ1) is 10.3. The Bertz CT molecular complexity index is 500. The molecule has 3 heterocycles. The zero-order chi connectivity index (χ0) is 14.7. The van der Waals surface area contributed by atoms with Crippen LogP contribution in [0, 0.1) is 0 Å². The van der Waals surface area contributed by atoms with Crippen molar-refractivity contribution in [3.05, 3.63) is 23.9 Å². The van der Waals surface area contributed by atoms with E-state index in [1.807, 2.05) is 17.2 Å². The molecule has 5 nitrogen and oxygen atoms in total. The van der Waals surface area contributed by atoms with Gasteiger partial charge in [0.25, 0.3) is 0 Å². The first kappa shape index (κ1) is 14.3. The van der Waals surface area contributed by atoms with E-state index in [1.54, 1.807) is 6.92 Å². The topological polar surface area (TPSA) is 45.7 Å². The van der Waals surface area contributed by atoms with Crippen LogP contribution in [0.4, 0.5) is 5.82 Å². The van der Waals surface area contributed by atoms with Crippen LogP contribution in [0.2, 0.25) is 0 Å². The van der Waals surface area contributed by atoms with Gasteiger partial charge in [-0.25, -0.2) is 4.98 Å². The van der Waals surface area contributed by atoms with Gasteiger partial charge < -0.3 is 14.5 Å². The Morgan fingerprint density at radius 1 is 1.29 bits per heavy atom. The Morgan fingerprint density at radius 2 is 2.10 bits per heavy atom. The second-order valence-electron chi connectivity index (χ2n) is 5.74. The third kappa shape index (κ3) is 3.02. The average molecular weight is 289 g/mol. The minimum atomic E-state index is 0.163. The number of anilines is 1. The van der Waals surface area contributed by atoms with Gasteiger partial charge in [0.2, 0.25) is 5.91 Å². The van der Waals surface area contributed by atoms with Gasteiger partial charge >= 0.3 is 0 Å². The van der Waals surface area contributed by atoms with E-state index in [4.69, 9.17) is 4.74 Å². The number of carbonyl (C=O) groups is 1. The summed E-state index contributed by atoms with van der Waals surface area (Å²) >= 11 is 0. The van der Waals surface area contributed by atoms with Crippen molar-refractivity contribution < 1.29 is 9.53 Å². The number of amides is 1. The van der Waals surface area contributed by atoms with E-state index in [-0.39, 0.29) is 11.9 Å². The zero-order valence-corrected chi connectivity index (χ0v) is 12.6. The summed E-state index contributed by atoms with van der Waals surface area (Å²) in [7, 11) is 0. The van der Waals surface area contributed by atoms with Crippen molar-refractivity contribution in [2.24, 2.45) is 0 Å². The second-order valence-corrected chi connectivity index (χ2v) is 5.74. The predicted molar refractivity (Wildman–Crippen MR) is 81.2 cm³/mol. The van der Waals surface area contributed by atoms with Crippen LogP contribution in [0.1, 0.15) is 37.8 Å². The van der Waals surface area contributed by atoms with Crippen LogP contribution in [-0.2, 0) is 9.53 Å². The monoisotopic (exact) mass is 289 g/mol. The van der Waals surface area contributed by atoms with Crippen LogP contribution in [0.5, 0.6) is 0 Å². The molecule has 2 aliphatic heterocycles. The molecule has 0 aliphatic carbocycles. The molecule has 1 atom stereocenters. The fraction of sp³-hybridized carbons (Fsp3) is 0.625. The summed E-state index contributed by atoms with van der Waals surface area (Å²) in [5.41, 5.74) is 1.19. The number of ether oxygens (including phenoxy) is 1. The molecule has 1 amide bonds. The zero-order valence-electron chi connectivity index (χ0n) is 12.6. The van der Waals surface area contributed by atoms with Crippen molar-refractivity contribution >= 4 is 11.7 Å². The molecular formula is C16H23N3O2. The molecule has 0 radical (unpaired) electrons. The Labute approximate surface area is 125 Å². The van der Waals surface area contributed by atoms with Crippen molar-refractivity contribution in [2.75, 3.05) is 37.7 Å². The molecule has 1 aromatic heterocycles. The van der Waals surface area contributed by atoms with Crippen LogP contribution in [-0.4, -0.2) is 48.6 Å². The van der Waals surface area contributed by atoms with Crippen LogP contribution < -0.4 is 4.90 Å². The summed E-state index contributed by atoms with van der Waals surface area (Å²) in [6, 6.07) is 4.28. The maximum atomic E-state index is 11.9. The number of carbonyl (C=O) groups excluding carboxylic acids is 1. The van der Waals surface area contributed by atoms with Crippen molar-refractivity contribution in [3.8, 4) is 0 Å². The molecule has 0 spiro atoms. The molecule has 1 aromatic rings. The lowest BCUT2D eigenvalue weighted by atomic mass is 9.95. The van der Waals surface area contributed by atoms with E-state index >= 15 is 0 Å². The summed E-state index contributed by atoms with van der Waals surface area (Å²) in [5.74, 6) is 1.19. The second kappa shape index (κ2) is 6.43. The molecule has 0 saturated carbocycles. The molecule has 0 bridgehead atoms. The largest absolute Gasteiger partial charge is 0.378 e. The first-order valence-electron chi connectivity index (χ1n) is 7.82. The smallest absolute Gasteiger partial charge is 0.219 e. The summed E-state index contributed by atoms with van der Waals surface area (Å²) in [5, 5.41) is 0. The maximum Gasteiger partial charge on any atom is 0.219 e. The number of hydrogen-bond acceptors (Lipinski definition) is 4. The number of aromatic nitrogens is 1. The van der Waals surface area contributed by atoms with Crippen molar-refractivity contribution in [1.29, 1.82) is 0 Å². The van der Waals surface area contributed by atoms with E-state index in [1.165, 1.54) is 12.0 Å². The van der Waals surface area contributed by atoms with Gasteiger partial charge in [0.15, 0.2) is 0 Å². The summed E-state index contributed by atoms with van der Waals surface area (Å²) in [6.07, 6.45) is 5.15. The molecule has 2 aliphatic rings. The predicted octanol–water partition coefficient (Wildman–Crippen LogP) is 1.99. The first-order valence-corrected chi connectivity index (χ1v) is 7.82. The standard InChI is InChI=1S/C16H23N3O2/c1-13(20)19-8-3-2-6-15(19)14-5-4-7-17-16(14)18-9-11-21-12-10-18/h4-5,7,15H,2-3,6,8-12H2,1H3. The molecule has 0 N–H and O–H groups in total. The highest BCUT2D eigenvalue weighted by molar-refractivity contribution is 5.74. The van der Waals surface area contributed by atoms with Gasteiger partial charge in [-0.05, 0) is 25.3 Å². The van der Waals surface area contributed by atoms with Gasteiger partial charge in [-0.15, -0.1) is 0 Å². The quantitative estimate of drug-likeness (QED) is 0.835. The Balaban J connectivity index is 1.91. The SMILES string of the molecule is CC(=O)N1CCCCC1c1cccnc1N1CCOCC1. The summed E-state index contributed by atoms with van der Waals surface area (Å²) in [4.78, 5) is 20.8. The number of nitrogens with zero attached hydrogens (tertiary/aromatic N) is 3. The van der Waals surface area contributed by atoms with Crippen LogP contribution in [0.3, 0.4) is 0 Å². The number of morpholine rings is 1. The van der Waals surface area contributed by atoms with E-state index in [9.17, 15) is 4.79 Å². The van der Waals surface area contributed by atoms with E-state index in [2.05, 4.69) is 16.0 Å². The number of likely N-dealkylation sites (tertiary alicyclic amines) is 1. The maximum absolute atomic E-state index is 11.9. The fourth-order valence-corrected chi connectivity index (χ4v) is 3.34. The van der Waals surface area contributed by atoms with Gasteiger partial charge in [0, 0.05) is 38.3 Å². The highest BCUT2D eigenvalue weighted by Crippen LogP contribution is 2.35. The minimum absolute atomic E-state index is 0.163. The third-order valence-electron chi connectivity index (χ3n) is 4.39. The Hall–Kier alpha value is -1.62. The lowest BCUT2D eigenvalue weighted by Gasteiger charge is -2.38. The lowest BCUT2D eigenvalue weighted by Crippen LogP contribution is -2.40.